The van der Waals surface area contributed by atoms with E-state index in [0.717, 1.165) is 33.1 Å². The van der Waals surface area contributed by atoms with Gasteiger partial charge in [0.2, 0.25) is 0 Å². The molecule has 0 bridgehead atoms. The number of phenolic OH excluding ortho intramolecular Hbond substituents is 1. The lowest BCUT2D eigenvalue weighted by molar-refractivity contribution is 0.0590. The molecule has 0 spiro atoms. The standard InChI is InChI=1S/C32H31BO6/c1-18(14-19-11-12-27(35)22-7-3-2-6-21(19)22)10-13-28-29-20(17-34)15-25-30(26(29)16-33(38)39-28)32(37)24-9-5-4-8-23(24)31(25)36/h2-9,11-12,14,25-26,28,30,34-35,38H,10,13,15-17H2,1H3/b18-14+/t25-,26+,28-,30-/m1/s1. The molecule has 1 heterocycles. The highest BCUT2D eigenvalue weighted by Gasteiger charge is 2.53. The topological polar surface area (TPSA) is 104 Å². The van der Waals surface area contributed by atoms with E-state index in [1.54, 1.807) is 30.3 Å². The second-order valence-corrected chi connectivity index (χ2v) is 11.0. The summed E-state index contributed by atoms with van der Waals surface area (Å²) in [6.07, 6.45) is 3.44. The summed E-state index contributed by atoms with van der Waals surface area (Å²) < 4.78 is 6.02. The Morgan fingerprint density at radius 1 is 0.974 bits per heavy atom. The Balaban J connectivity index is 1.29. The van der Waals surface area contributed by atoms with Gasteiger partial charge in [-0.15, -0.1) is 0 Å². The Morgan fingerprint density at radius 2 is 1.67 bits per heavy atom. The first kappa shape index (κ1) is 25.7. The third-order valence-corrected chi connectivity index (χ3v) is 8.69. The summed E-state index contributed by atoms with van der Waals surface area (Å²) in [7, 11) is -1.05. The predicted molar refractivity (Wildman–Crippen MR) is 150 cm³/mol. The Labute approximate surface area is 227 Å². The largest absolute Gasteiger partial charge is 0.507 e. The highest BCUT2D eigenvalue weighted by molar-refractivity contribution is 6.43. The molecule has 0 saturated carbocycles. The van der Waals surface area contributed by atoms with E-state index in [1.165, 1.54) is 0 Å². The average molecular weight is 522 g/mol. The molecule has 7 heteroatoms. The zero-order valence-corrected chi connectivity index (χ0v) is 21.8. The van der Waals surface area contributed by atoms with Crippen molar-refractivity contribution < 1.29 is 29.5 Å². The van der Waals surface area contributed by atoms with Crippen LogP contribution < -0.4 is 0 Å². The third kappa shape index (κ3) is 4.44. The van der Waals surface area contributed by atoms with E-state index in [-0.39, 0.29) is 36.2 Å². The number of hydrogen-bond donors (Lipinski definition) is 3. The van der Waals surface area contributed by atoms with Gasteiger partial charge in [-0.1, -0.05) is 66.2 Å². The number of aromatic hydroxyl groups is 1. The summed E-state index contributed by atoms with van der Waals surface area (Å²) in [6.45, 7) is 1.83. The van der Waals surface area contributed by atoms with Gasteiger partial charge in [0.1, 0.15) is 5.75 Å². The maximum absolute atomic E-state index is 13.7. The minimum Gasteiger partial charge on any atom is -0.507 e. The van der Waals surface area contributed by atoms with Gasteiger partial charge in [-0.25, -0.2) is 0 Å². The second-order valence-electron chi connectivity index (χ2n) is 11.0. The van der Waals surface area contributed by atoms with Gasteiger partial charge in [0.15, 0.2) is 11.6 Å². The molecule has 198 valence electrons. The minimum atomic E-state index is -1.05. The Kier molecular flexibility index (Phi) is 6.75. The first-order valence-electron chi connectivity index (χ1n) is 13.6. The van der Waals surface area contributed by atoms with Crippen LogP contribution in [0.15, 0.2) is 77.4 Å². The zero-order valence-electron chi connectivity index (χ0n) is 21.8. The highest BCUT2D eigenvalue weighted by Crippen LogP contribution is 2.50. The lowest BCUT2D eigenvalue weighted by Gasteiger charge is -2.47. The van der Waals surface area contributed by atoms with Gasteiger partial charge >= 0.3 is 7.12 Å². The monoisotopic (exact) mass is 522 g/mol. The molecule has 3 aliphatic rings. The summed E-state index contributed by atoms with van der Waals surface area (Å²) in [5.74, 6) is -1.31. The van der Waals surface area contributed by atoms with E-state index in [4.69, 9.17) is 4.65 Å². The lowest BCUT2D eigenvalue weighted by Crippen LogP contribution is -2.51. The highest BCUT2D eigenvalue weighted by atomic mass is 16.5. The van der Waals surface area contributed by atoms with Crippen molar-refractivity contribution in [2.75, 3.05) is 6.61 Å². The average Bonchev–Trinajstić information content (AvgIpc) is 2.95. The Bertz CT molecular complexity index is 1540. The van der Waals surface area contributed by atoms with Crippen LogP contribution in [0, 0.1) is 17.8 Å². The van der Waals surface area contributed by atoms with Gasteiger partial charge in [0.05, 0.1) is 12.7 Å². The maximum Gasteiger partial charge on any atom is 0.455 e. The minimum absolute atomic E-state index is 0.0576. The van der Waals surface area contributed by atoms with Gasteiger partial charge in [-0.05, 0) is 66.6 Å². The van der Waals surface area contributed by atoms with Gasteiger partial charge in [0, 0.05) is 28.3 Å². The van der Waals surface area contributed by atoms with Crippen molar-refractivity contribution in [1.29, 1.82) is 0 Å². The lowest BCUT2D eigenvalue weighted by atomic mass is 9.54. The van der Waals surface area contributed by atoms with Crippen molar-refractivity contribution in [2.24, 2.45) is 17.8 Å². The van der Waals surface area contributed by atoms with E-state index in [2.05, 4.69) is 6.08 Å². The number of fused-ring (bicyclic) bond motifs is 5. The van der Waals surface area contributed by atoms with E-state index in [9.17, 15) is 24.8 Å². The van der Waals surface area contributed by atoms with Crippen molar-refractivity contribution in [3.8, 4) is 5.75 Å². The number of rotatable bonds is 5. The van der Waals surface area contributed by atoms with Crippen LogP contribution in [0.4, 0.5) is 0 Å². The van der Waals surface area contributed by atoms with Gasteiger partial charge in [-0.2, -0.15) is 0 Å². The van der Waals surface area contributed by atoms with Crippen molar-refractivity contribution in [3.05, 3.63) is 94.1 Å². The fourth-order valence-electron chi connectivity index (χ4n) is 6.94. The summed E-state index contributed by atoms with van der Waals surface area (Å²) in [6, 6.07) is 18.3. The molecule has 1 fully saturated rings. The summed E-state index contributed by atoms with van der Waals surface area (Å²) in [4.78, 5) is 27.1. The van der Waals surface area contributed by atoms with Crippen LogP contribution >= 0.6 is 0 Å². The molecule has 3 N–H and O–H groups in total. The van der Waals surface area contributed by atoms with Crippen LogP contribution in [-0.4, -0.2) is 46.6 Å². The molecule has 6 rings (SSSR count). The Hall–Kier alpha value is -3.52. The number of allylic oxidation sites excluding steroid dienone is 1. The van der Waals surface area contributed by atoms with Crippen molar-refractivity contribution in [3.63, 3.8) is 0 Å². The van der Waals surface area contributed by atoms with Crippen LogP contribution in [0.5, 0.6) is 5.75 Å². The molecule has 0 radical (unpaired) electrons. The molecule has 3 aromatic carbocycles. The molecule has 1 saturated heterocycles. The van der Waals surface area contributed by atoms with Crippen LogP contribution in [0.1, 0.15) is 52.5 Å². The molecule has 0 amide bonds. The van der Waals surface area contributed by atoms with Crippen molar-refractivity contribution in [1.82, 2.24) is 0 Å². The smallest absolute Gasteiger partial charge is 0.455 e. The molecular weight excluding hydrogens is 491 g/mol. The number of benzene rings is 3. The predicted octanol–water partition coefficient (Wildman–Crippen LogP) is 5.23. The maximum atomic E-state index is 13.7. The number of phenols is 1. The fraction of sp³-hybridized carbons (Fsp3) is 0.312. The molecule has 39 heavy (non-hydrogen) atoms. The number of carbonyl (C=O) groups excluding carboxylic acids is 2. The molecule has 2 aliphatic carbocycles. The first-order chi connectivity index (χ1) is 18.9. The van der Waals surface area contributed by atoms with Gasteiger partial charge < -0.3 is 19.9 Å². The quantitative estimate of drug-likeness (QED) is 0.313. The molecule has 1 aliphatic heterocycles. The van der Waals surface area contributed by atoms with E-state index in [1.807, 2.05) is 37.3 Å². The summed E-state index contributed by atoms with van der Waals surface area (Å²) >= 11 is 0. The first-order valence-corrected chi connectivity index (χ1v) is 13.6. The number of carbonyl (C=O) groups is 2. The molecule has 6 nitrogen and oxygen atoms in total. The van der Waals surface area contributed by atoms with E-state index < -0.39 is 25.1 Å². The molecule has 4 atom stereocenters. The summed E-state index contributed by atoms with van der Waals surface area (Å²) in [5.41, 5.74) is 4.65. The van der Waals surface area contributed by atoms with Crippen LogP contribution in [-0.2, 0) is 4.65 Å². The molecule has 0 aromatic heterocycles. The van der Waals surface area contributed by atoms with Crippen molar-refractivity contribution >= 4 is 35.5 Å². The molecular formula is C32H31BO6. The SMILES string of the molecule is C/C(=C\c1ccc(O)c2ccccc12)CC[C@H]1OB(O)C[C@H]2C1=C(CO)C[C@H]1C(=O)c3ccccc3C(=O)[C@H]12. The second kappa shape index (κ2) is 10.2. The molecule has 3 aromatic rings. The third-order valence-electron chi connectivity index (χ3n) is 8.69. The van der Waals surface area contributed by atoms with Crippen LogP contribution in [0.2, 0.25) is 6.32 Å². The van der Waals surface area contributed by atoms with Gasteiger partial charge in [0.25, 0.3) is 0 Å². The van der Waals surface area contributed by atoms with Crippen LogP contribution in [0.25, 0.3) is 16.8 Å². The van der Waals surface area contributed by atoms with E-state index in [0.29, 0.717) is 30.4 Å². The number of aliphatic hydroxyl groups is 1. The zero-order chi connectivity index (χ0) is 27.3. The number of hydrogen-bond acceptors (Lipinski definition) is 6. The van der Waals surface area contributed by atoms with Crippen LogP contribution in [0.3, 0.4) is 0 Å². The molecule has 0 unspecified atom stereocenters. The normalized spacial score (nSPS) is 25.0. The Morgan fingerprint density at radius 3 is 2.41 bits per heavy atom. The number of ketones is 2. The van der Waals surface area contributed by atoms with Gasteiger partial charge in [-0.3, -0.25) is 9.59 Å². The summed E-state index contributed by atoms with van der Waals surface area (Å²) in [5, 5.41) is 33.0. The number of Topliss-reactive ketones (excluding diaryl/α,β-unsaturated/α-hetero) is 2. The van der Waals surface area contributed by atoms with Crippen molar-refractivity contribution in [2.45, 2.75) is 38.6 Å². The number of aliphatic hydroxyl groups excluding tert-OH is 1. The van der Waals surface area contributed by atoms with E-state index >= 15 is 0 Å². The fourth-order valence-corrected chi connectivity index (χ4v) is 6.94.